The van der Waals surface area contributed by atoms with Gasteiger partial charge in [-0.05, 0) is 0 Å². The fraction of sp³-hybridized carbons (Fsp3) is 1.00. The second kappa shape index (κ2) is 4.60. The van der Waals surface area contributed by atoms with Crippen LogP contribution in [0.25, 0.3) is 0 Å². The Morgan fingerprint density at radius 1 is 1.67 bits per heavy atom. The summed E-state index contributed by atoms with van der Waals surface area (Å²) in [7, 11) is 1.04. The Hall–Kier alpha value is -0.375. The van der Waals surface area contributed by atoms with Crippen LogP contribution in [-0.2, 0) is 4.65 Å². The molecule has 0 bridgehead atoms. The third-order valence-corrected chi connectivity index (χ3v) is 2.46. The van der Waals surface area contributed by atoms with Crippen molar-refractivity contribution in [2.75, 3.05) is 13.2 Å². The van der Waals surface area contributed by atoms with Gasteiger partial charge in [-0.1, -0.05) is 0 Å². The number of likely N-dealkylation sites (tertiary alicyclic amines) is 1. The van der Waals surface area contributed by atoms with Gasteiger partial charge in [0, 0.05) is 0 Å². The maximum absolute atomic E-state index is 6.77. The van der Waals surface area contributed by atoms with Crippen molar-refractivity contribution in [1.29, 1.82) is 5.31 Å². The van der Waals surface area contributed by atoms with Crippen molar-refractivity contribution in [3.8, 4) is 0 Å². The molecule has 0 saturated carbocycles. The summed E-state index contributed by atoms with van der Waals surface area (Å²) in [6.07, 6.45) is 2.48. The van der Waals surface area contributed by atoms with Gasteiger partial charge >= 0.3 is 74.1 Å². The summed E-state index contributed by atoms with van der Waals surface area (Å²) >= 11 is 0. The van der Waals surface area contributed by atoms with Crippen LogP contribution >= 0.6 is 0 Å². The van der Waals surface area contributed by atoms with Crippen molar-refractivity contribution in [3.05, 3.63) is 0 Å². The first-order valence-electron chi connectivity index (χ1n) is 4.62. The molecule has 0 spiro atoms. The first-order valence-corrected chi connectivity index (χ1v) is 4.62. The van der Waals surface area contributed by atoms with Gasteiger partial charge in [0.2, 0.25) is 0 Å². The molecule has 3 nitrogen and oxygen atoms in total. The first kappa shape index (κ1) is 9.71. The summed E-state index contributed by atoms with van der Waals surface area (Å²) in [5.41, 5.74) is 0. The van der Waals surface area contributed by atoms with E-state index in [-0.39, 0.29) is 0 Å². The molecule has 0 aromatic rings. The van der Waals surface area contributed by atoms with Crippen molar-refractivity contribution >= 4 is 7.27 Å². The van der Waals surface area contributed by atoms with E-state index in [1.807, 2.05) is 0 Å². The van der Waals surface area contributed by atoms with Crippen LogP contribution in [0.4, 0.5) is 0 Å². The average molecular weight is 168 g/mol. The topological polar surface area (TPSA) is 36.3 Å². The summed E-state index contributed by atoms with van der Waals surface area (Å²) in [4.78, 5) is 2.45. The molecule has 0 aromatic carbocycles. The first-order chi connectivity index (χ1) is 5.75. The molecule has 1 heterocycles. The average Bonchev–Trinajstić information content (AvgIpc) is 2.48. The quantitative estimate of drug-likeness (QED) is 0.641. The van der Waals surface area contributed by atoms with Gasteiger partial charge in [-0.3, -0.25) is 0 Å². The zero-order chi connectivity index (χ0) is 8.97. The molecule has 0 aliphatic carbocycles. The summed E-state index contributed by atoms with van der Waals surface area (Å²) < 4.78 is 5.00. The van der Waals surface area contributed by atoms with E-state index in [0.29, 0.717) is 18.7 Å². The number of rotatable bonds is 4. The Morgan fingerprint density at radius 3 is 3.00 bits per heavy atom. The standard InChI is InChI=1S/C8H17BN2O/c1-7(2)11-5-3-4-8(11)6-12-9-10/h7-8,10H,3-6H2,1-2H3/t8-/m1/s1. The van der Waals surface area contributed by atoms with Crippen LogP contribution in [0, 0.1) is 5.31 Å². The molecule has 1 fully saturated rings. The molecular weight excluding hydrogens is 151 g/mol. The third-order valence-electron chi connectivity index (χ3n) is 2.46. The SMILES string of the molecule is CC(C)N1CCC[C@@H]1COB=N. The number of hydrogen-bond donors (Lipinski definition) is 1. The zero-order valence-electron chi connectivity index (χ0n) is 7.92. The molecule has 1 atom stereocenters. The fourth-order valence-corrected chi connectivity index (χ4v) is 1.88. The molecule has 12 heavy (non-hydrogen) atoms. The summed E-state index contributed by atoms with van der Waals surface area (Å²) in [5, 5.41) is 6.77. The van der Waals surface area contributed by atoms with Gasteiger partial charge in [-0.2, -0.15) is 0 Å². The van der Waals surface area contributed by atoms with Crippen LogP contribution < -0.4 is 0 Å². The van der Waals surface area contributed by atoms with Gasteiger partial charge in [0.05, 0.1) is 0 Å². The van der Waals surface area contributed by atoms with Crippen LogP contribution in [0.1, 0.15) is 26.7 Å². The van der Waals surface area contributed by atoms with E-state index in [1.165, 1.54) is 19.4 Å². The molecule has 68 valence electrons. The van der Waals surface area contributed by atoms with E-state index in [2.05, 4.69) is 18.7 Å². The number of nitrogens with zero attached hydrogens (tertiary/aromatic N) is 1. The van der Waals surface area contributed by atoms with Crippen molar-refractivity contribution in [3.63, 3.8) is 0 Å². The van der Waals surface area contributed by atoms with Crippen molar-refractivity contribution in [1.82, 2.24) is 4.90 Å². The predicted molar refractivity (Wildman–Crippen MR) is 49.3 cm³/mol. The minimum atomic E-state index is 0.534. The van der Waals surface area contributed by atoms with Gasteiger partial charge in [-0.15, -0.1) is 0 Å². The normalized spacial score (nSPS) is 24.4. The summed E-state index contributed by atoms with van der Waals surface area (Å²) in [6.45, 7) is 6.29. The van der Waals surface area contributed by atoms with Crippen LogP contribution in [0.2, 0.25) is 0 Å². The van der Waals surface area contributed by atoms with Crippen LogP contribution in [0.15, 0.2) is 0 Å². The molecule has 0 unspecified atom stereocenters. The zero-order valence-corrected chi connectivity index (χ0v) is 7.92. The summed E-state index contributed by atoms with van der Waals surface area (Å²) in [5.74, 6) is 0. The van der Waals surface area contributed by atoms with Crippen molar-refractivity contribution in [2.45, 2.75) is 38.8 Å². The third kappa shape index (κ3) is 2.30. The number of hydrogen-bond acceptors (Lipinski definition) is 3. The van der Waals surface area contributed by atoms with Gasteiger partial charge < -0.3 is 0 Å². The van der Waals surface area contributed by atoms with E-state index in [4.69, 9.17) is 9.97 Å². The van der Waals surface area contributed by atoms with Gasteiger partial charge in [0.25, 0.3) is 0 Å². The van der Waals surface area contributed by atoms with E-state index in [9.17, 15) is 0 Å². The van der Waals surface area contributed by atoms with Crippen LogP contribution in [-0.4, -0.2) is 37.4 Å². The molecule has 1 aliphatic heterocycles. The molecule has 0 radical (unpaired) electrons. The molecule has 0 aromatic heterocycles. The van der Waals surface area contributed by atoms with Gasteiger partial charge in [-0.25, -0.2) is 0 Å². The Labute approximate surface area is 74.9 Å². The second-order valence-electron chi connectivity index (χ2n) is 3.58. The van der Waals surface area contributed by atoms with E-state index >= 15 is 0 Å². The van der Waals surface area contributed by atoms with E-state index in [1.54, 1.807) is 0 Å². The van der Waals surface area contributed by atoms with Crippen LogP contribution in [0.3, 0.4) is 0 Å². The second-order valence-corrected chi connectivity index (χ2v) is 3.58. The summed E-state index contributed by atoms with van der Waals surface area (Å²) in [6, 6.07) is 1.14. The minimum absolute atomic E-state index is 0.534. The fourth-order valence-electron chi connectivity index (χ4n) is 1.88. The predicted octanol–water partition coefficient (Wildman–Crippen LogP) is 1.26. The molecule has 1 aliphatic rings. The molecule has 0 amide bonds. The van der Waals surface area contributed by atoms with E-state index < -0.39 is 0 Å². The van der Waals surface area contributed by atoms with E-state index in [0.717, 1.165) is 7.27 Å². The molecular formula is C8H17BN2O. The van der Waals surface area contributed by atoms with Crippen molar-refractivity contribution in [2.24, 2.45) is 0 Å². The van der Waals surface area contributed by atoms with Crippen molar-refractivity contribution < 1.29 is 4.65 Å². The Balaban J connectivity index is 2.35. The molecule has 1 N–H and O–H groups in total. The monoisotopic (exact) mass is 168 g/mol. The number of nitrogens with one attached hydrogen (secondary N) is 1. The Morgan fingerprint density at radius 2 is 2.42 bits per heavy atom. The Kier molecular flexibility index (Phi) is 3.72. The Bertz CT molecular complexity index is 152. The molecule has 1 saturated heterocycles. The molecule has 4 heteroatoms. The maximum atomic E-state index is 6.77. The molecule has 1 rings (SSSR count). The van der Waals surface area contributed by atoms with Gasteiger partial charge in [0.1, 0.15) is 0 Å². The van der Waals surface area contributed by atoms with Crippen LogP contribution in [0.5, 0.6) is 0 Å². The van der Waals surface area contributed by atoms with Gasteiger partial charge in [0.15, 0.2) is 0 Å².